The molecule has 1 fully saturated rings. The van der Waals surface area contributed by atoms with Crippen molar-refractivity contribution in [3.8, 4) is 0 Å². The van der Waals surface area contributed by atoms with Crippen molar-refractivity contribution in [3.05, 3.63) is 0 Å². The van der Waals surface area contributed by atoms with E-state index in [0.717, 1.165) is 51.2 Å². The summed E-state index contributed by atoms with van der Waals surface area (Å²) in [5.41, 5.74) is 0. The van der Waals surface area contributed by atoms with Crippen molar-refractivity contribution in [2.24, 2.45) is 10.9 Å². The lowest BCUT2D eigenvalue weighted by molar-refractivity contribution is 0.129. The van der Waals surface area contributed by atoms with Crippen LogP contribution in [0.3, 0.4) is 0 Å². The van der Waals surface area contributed by atoms with Crippen LogP contribution in [0.1, 0.15) is 19.3 Å². The van der Waals surface area contributed by atoms with Crippen molar-refractivity contribution >= 4 is 5.96 Å². The molecular weight excluding hydrogens is 218 g/mol. The van der Waals surface area contributed by atoms with E-state index < -0.39 is 0 Å². The van der Waals surface area contributed by atoms with E-state index in [1.807, 2.05) is 0 Å². The smallest absolute Gasteiger partial charge is 0.191 e. The largest absolute Gasteiger partial charge is 0.385 e. The van der Waals surface area contributed by atoms with Crippen molar-refractivity contribution in [1.82, 2.24) is 10.6 Å². The normalized spacial score (nSPS) is 16.0. The van der Waals surface area contributed by atoms with Gasteiger partial charge in [-0.25, -0.2) is 0 Å². The zero-order valence-corrected chi connectivity index (χ0v) is 11.0. The predicted octanol–water partition coefficient (Wildman–Crippen LogP) is 0.614. The van der Waals surface area contributed by atoms with Gasteiger partial charge in [0.25, 0.3) is 0 Å². The van der Waals surface area contributed by atoms with Gasteiger partial charge in [0.15, 0.2) is 5.96 Å². The van der Waals surface area contributed by atoms with Gasteiger partial charge in [-0.3, -0.25) is 4.99 Å². The van der Waals surface area contributed by atoms with Crippen molar-refractivity contribution < 1.29 is 9.47 Å². The lowest BCUT2D eigenvalue weighted by Gasteiger charge is -2.11. The molecule has 0 aliphatic heterocycles. The molecule has 17 heavy (non-hydrogen) atoms. The molecule has 0 spiro atoms. The third-order valence-electron chi connectivity index (χ3n) is 2.63. The highest BCUT2D eigenvalue weighted by Crippen LogP contribution is 2.28. The van der Waals surface area contributed by atoms with Crippen LogP contribution in [0.25, 0.3) is 0 Å². The molecule has 100 valence electrons. The van der Waals surface area contributed by atoms with Crippen molar-refractivity contribution in [2.45, 2.75) is 19.3 Å². The summed E-state index contributed by atoms with van der Waals surface area (Å²) < 4.78 is 10.5. The van der Waals surface area contributed by atoms with Gasteiger partial charge in [-0.15, -0.1) is 0 Å². The molecule has 0 aromatic carbocycles. The van der Waals surface area contributed by atoms with E-state index in [2.05, 4.69) is 15.6 Å². The van der Waals surface area contributed by atoms with Crippen LogP contribution in [0.15, 0.2) is 4.99 Å². The van der Waals surface area contributed by atoms with Crippen LogP contribution in [-0.2, 0) is 9.47 Å². The summed E-state index contributed by atoms with van der Waals surface area (Å²) in [5.74, 6) is 1.66. The first-order valence-electron chi connectivity index (χ1n) is 6.38. The Morgan fingerprint density at radius 2 is 2.00 bits per heavy atom. The lowest BCUT2D eigenvalue weighted by atomic mass is 10.4. The molecule has 0 aromatic heterocycles. The van der Waals surface area contributed by atoms with Gasteiger partial charge in [0, 0.05) is 40.5 Å². The van der Waals surface area contributed by atoms with Crippen LogP contribution in [0.4, 0.5) is 0 Å². The Morgan fingerprint density at radius 3 is 2.65 bits per heavy atom. The van der Waals surface area contributed by atoms with Crippen LogP contribution >= 0.6 is 0 Å². The Morgan fingerprint density at radius 1 is 1.24 bits per heavy atom. The highest BCUT2D eigenvalue weighted by molar-refractivity contribution is 5.79. The quantitative estimate of drug-likeness (QED) is 0.354. The molecule has 0 aromatic rings. The molecule has 0 unspecified atom stereocenters. The Hall–Kier alpha value is -0.810. The van der Waals surface area contributed by atoms with E-state index >= 15 is 0 Å². The van der Waals surface area contributed by atoms with Gasteiger partial charge in [-0.2, -0.15) is 0 Å². The fraction of sp³-hybridized carbons (Fsp3) is 0.917. The number of rotatable bonds is 9. The summed E-state index contributed by atoms with van der Waals surface area (Å²) in [5, 5.41) is 6.43. The standard InChI is InChI=1S/C12H25N3O2/c1-13-12(14-6-3-8-16-2)15-7-9-17-10-11-4-5-11/h11H,3-10H2,1-2H3,(H2,13,14,15). The van der Waals surface area contributed by atoms with Crippen molar-refractivity contribution in [1.29, 1.82) is 0 Å². The van der Waals surface area contributed by atoms with E-state index in [1.54, 1.807) is 14.2 Å². The molecule has 0 bridgehead atoms. The summed E-state index contributed by atoms with van der Waals surface area (Å²) in [7, 11) is 3.49. The highest BCUT2D eigenvalue weighted by Gasteiger charge is 2.20. The number of hydrogen-bond acceptors (Lipinski definition) is 3. The first-order valence-corrected chi connectivity index (χ1v) is 6.38. The predicted molar refractivity (Wildman–Crippen MR) is 69.4 cm³/mol. The molecule has 1 saturated carbocycles. The zero-order valence-electron chi connectivity index (χ0n) is 11.0. The summed E-state index contributed by atoms with van der Waals surface area (Å²) in [6.07, 6.45) is 3.67. The average Bonchev–Trinajstić information content (AvgIpc) is 3.15. The molecule has 0 heterocycles. The molecule has 2 N–H and O–H groups in total. The van der Waals surface area contributed by atoms with E-state index in [0.29, 0.717) is 0 Å². The lowest BCUT2D eigenvalue weighted by Crippen LogP contribution is -2.39. The third-order valence-corrected chi connectivity index (χ3v) is 2.63. The van der Waals surface area contributed by atoms with Crippen LogP contribution < -0.4 is 10.6 Å². The van der Waals surface area contributed by atoms with Crippen LogP contribution in [-0.4, -0.2) is 53.0 Å². The molecular formula is C12H25N3O2. The van der Waals surface area contributed by atoms with Crippen LogP contribution in [0, 0.1) is 5.92 Å². The summed E-state index contributed by atoms with van der Waals surface area (Å²) in [4.78, 5) is 4.13. The molecule has 1 aliphatic rings. The Balaban J connectivity index is 1.90. The Kier molecular flexibility index (Phi) is 7.75. The maximum Gasteiger partial charge on any atom is 0.191 e. The van der Waals surface area contributed by atoms with Crippen LogP contribution in [0.5, 0.6) is 0 Å². The van der Waals surface area contributed by atoms with Gasteiger partial charge in [-0.1, -0.05) is 0 Å². The number of aliphatic imine (C=N–C) groups is 1. The molecule has 5 nitrogen and oxygen atoms in total. The maximum atomic E-state index is 5.53. The van der Waals surface area contributed by atoms with Crippen molar-refractivity contribution in [3.63, 3.8) is 0 Å². The second-order valence-corrected chi connectivity index (χ2v) is 4.29. The molecule has 0 saturated heterocycles. The first-order chi connectivity index (χ1) is 8.36. The van der Waals surface area contributed by atoms with E-state index in [9.17, 15) is 0 Å². The topological polar surface area (TPSA) is 54.9 Å². The molecule has 0 atom stereocenters. The van der Waals surface area contributed by atoms with Crippen LogP contribution in [0.2, 0.25) is 0 Å². The fourth-order valence-electron chi connectivity index (χ4n) is 1.42. The van der Waals surface area contributed by atoms with Gasteiger partial charge < -0.3 is 20.1 Å². The van der Waals surface area contributed by atoms with Gasteiger partial charge in [0.2, 0.25) is 0 Å². The molecule has 1 aliphatic carbocycles. The maximum absolute atomic E-state index is 5.53. The number of methoxy groups -OCH3 is 1. The molecule has 0 radical (unpaired) electrons. The number of ether oxygens (including phenoxy) is 2. The van der Waals surface area contributed by atoms with Gasteiger partial charge in [0.05, 0.1) is 6.61 Å². The summed E-state index contributed by atoms with van der Waals surface area (Å²) >= 11 is 0. The zero-order chi connectivity index (χ0) is 12.3. The monoisotopic (exact) mass is 243 g/mol. The summed E-state index contributed by atoms with van der Waals surface area (Å²) in [6.45, 7) is 4.11. The number of guanidine groups is 1. The molecule has 5 heteroatoms. The SMILES string of the molecule is CN=C(NCCCOC)NCCOCC1CC1. The second kappa shape index (κ2) is 9.24. The Bertz CT molecular complexity index is 218. The van der Waals surface area contributed by atoms with E-state index in [-0.39, 0.29) is 0 Å². The highest BCUT2D eigenvalue weighted by atomic mass is 16.5. The minimum absolute atomic E-state index is 0.745. The van der Waals surface area contributed by atoms with Gasteiger partial charge >= 0.3 is 0 Å². The minimum atomic E-state index is 0.745. The first kappa shape index (κ1) is 14.3. The molecule has 0 amide bonds. The minimum Gasteiger partial charge on any atom is -0.385 e. The third kappa shape index (κ3) is 7.99. The van der Waals surface area contributed by atoms with E-state index in [1.165, 1.54) is 12.8 Å². The number of nitrogens with zero attached hydrogens (tertiary/aromatic N) is 1. The number of hydrogen-bond donors (Lipinski definition) is 2. The second-order valence-electron chi connectivity index (χ2n) is 4.29. The van der Waals surface area contributed by atoms with Gasteiger partial charge in [0.1, 0.15) is 0 Å². The van der Waals surface area contributed by atoms with E-state index in [4.69, 9.17) is 9.47 Å². The fourth-order valence-corrected chi connectivity index (χ4v) is 1.42. The average molecular weight is 243 g/mol. The number of nitrogens with one attached hydrogen (secondary N) is 2. The summed E-state index contributed by atoms with van der Waals surface area (Å²) in [6, 6.07) is 0. The van der Waals surface area contributed by atoms with Crippen molar-refractivity contribution in [2.75, 3.05) is 47.1 Å². The molecule has 1 rings (SSSR count). The Labute approximate surface area is 104 Å². The van der Waals surface area contributed by atoms with Gasteiger partial charge in [-0.05, 0) is 25.2 Å².